The number of urea groups is 1. The van der Waals surface area contributed by atoms with Crippen LogP contribution in [-0.2, 0) is 14.8 Å². The second-order valence-corrected chi connectivity index (χ2v) is 10.8. The predicted molar refractivity (Wildman–Crippen MR) is 113 cm³/mol. The summed E-state index contributed by atoms with van der Waals surface area (Å²) in [5.41, 5.74) is 0. The molecule has 1 aliphatic heterocycles. The Kier molecular flexibility index (Phi) is 8.91. The van der Waals surface area contributed by atoms with Gasteiger partial charge in [0.1, 0.15) is 4.90 Å². The van der Waals surface area contributed by atoms with Crippen LogP contribution in [0.15, 0.2) is 28.3 Å². The highest BCUT2D eigenvalue weighted by molar-refractivity contribution is 8.00. The number of pyridine rings is 1. The lowest BCUT2D eigenvalue weighted by atomic mass is 10.2. The molecule has 2 heterocycles. The van der Waals surface area contributed by atoms with E-state index in [0.717, 1.165) is 37.4 Å². The quantitative estimate of drug-likeness (QED) is 0.629. The molecule has 8 nitrogen and oxygen atoms in total. The highest BCUT2D eigenvalue weighted by atomic mass is 32.2. The van der Waals surface area contributed by atoms with Crippen molar-refractivity contribution in [2.75, 3.05) is 19.6 Å². The number of amides is 3. The van der Waals surface area contributed by atoms with E-state index in [4.69, 9.17) is 0 Å². The molecule has 0 unspecified atom stereocenters. The van der Waals surface area contributed by atoms with Gasteiger partial charge in [0, 0.05) is 25.8 Å². The van der Waals surface area contributed by atoms with E-state index in [-0.39, 0.29) is 10.8 Å². The van der Waals surface area contributed by atoms with Crippen molar-refractivity contribution in [3.8, 4) is 0 Å². The molecule has 0 aliphatic carbocycles. The molecule has 0 spiro atoms. The second-order valence-electron chi connectivity index (χ2n) is 7.50. The Hall–Kier alpha value is -1.65. The van der Waals surface area contributed by atoms with E-state index in [0.29, 0.717) is 24.7 Å². The fraction of sp³-hybridized carbons (Fsp3) is 0.632. The molecule has 1 atom stereocenters. The van der Waals surface area contributed by atoms with Crippen molar-refractivity contribution in [2.24, 2.45) is 5.92 Å². The lowest BCUT2D eigenvalue weighted by Crippen LogP contribution is -2.43. The molecule has 1 saturated heterocycles. The van der Waals surface area contributed by atoms with Gasteiger partial charge in [-0.15, -0.1) is 0 Å². The molecular weight excluding hydrogens is 412 g/mol. The average molecular weight is 443 g/mol. The van der Waals surface area contributed by atoms with E-state index >= 15 is 0 Å². The predicted octanol–water partition coefficient (Wildman–Crippen LogP) is 2.61. The summed E-state index contributed by atoms with van der Waals surface area (Å²) in [6, 6.07) is 2.59. The van der Waals surface area contributed by atoms with Gasteiger partial charge < -0.3 is 5.32 Å². The molecular formula is C19H30N4O4S2. The molecule has 1 aliphatic rings. The van der Waals surface area contributed by atoms with Crippen molar-refractivity contribution < 1.29 is 18.0 Å². The lowest BCUT2D eigenvalue weighted by molar-refractivity contribution is -0.119. The standard InChI is InChI=1S/C19H30N4O4S2/c1-14(2)12-21-19(25)22-18(24)15(3)28-17-9-8-16(13-20-17)29(26,27)23-10-6-4-5-7-11-23/h8-9,13-15H,4-7,10-12H2,1-3H3,(H2,21,22,24,25)/t15-/m1/s1. The smallest absolute Gasteiger partial charge is 0.321 e. The van der Waals surface area contributed by atoms with Crippen LogP contribution in [0.3, 0.4) is 0 Å². The number of nitrogens with zero attached hydrogens (tertiary/aromatic N) is 2. The number of rotatable bonds is 7. The van der Waals surface area contributed by atoms with Crippen molar-refractivity contribution in [3.63, 3.8) is 0 Å². The van der Waals surface area contributed by atoms with Gasteiger partial charge in [0.05, 0.1) is 10.3 Å². The number of carbonyl (C=O) groups excluding carboxylic acids is 2. The third-order valence-corrected chi connectivity index (χ3v) is 7.42. The molecule has 2 N–H and O–H groups in total. The molecule has 2 rings (SSSR count). The van der Waals surface area contributed by atoms with Crippen LogP contribution in [0.25, 0.3) is 0 Å². The molecule has 3 amide bonds. The Labute approximate surface area is 177 Å². The summed E-state index contributed by atoms with van der Waals surface area (Å²) >= 11 is 1.16. The molecule has 1 fully saturated rings. The number of sulfonamides is 1. The van der Waals surface area contributed by atoms with Crippen LogP contribution in [0.5, 0.6) is 0 Å². The third kappa shape index (κ3) is 7.27. The first-order chi connectivity index (χ1) is 13.7. The highest BCUT2D eigenvalue weighted by Gasteiger charge is 2.25. The molecule has 10 heteroatoms. The van der Waals surface area contributed by atoms with Crippen molar-refractivity contribution in [1.29, 1.82) is 0 Å². The van der Waals surface area contributed by atoms with Crippen LogP contribution in [0.2, 0.25) is 0 Å². The van der Waals surface area contributed by atoms with Crippen LogP contribution in [0.4, 0.5) is 4.79 Å². The molecule has 1 aromatic heterocycles. The number of nitrogens with one attached hydrogen (secondary N) is 2. The largest absolute Gasteiger partial charge is 0.338 e. The first-order valence-electron chi connectivity index (χ1n) is 9.91. The van der Waals surface area contributed by atoms with Gasteiger partial charge in [0.2, 0.25) is 15.9 Å². The van der Waals surface area contributed by atoms with Crippen molar-refractivity contribution in [2.45, 2.75) is 61.6 Å². The normalized spacial score (nSPS) is 16.8. The summed E-state index contributed by atoms with van der Waals surface area (Å²) in [4.78, 5) is 28.2. The van der Waals surface area contributed by atoms with E-state index in [1.54, 1.807) is 13.0 Å². The first kappa shape index (κ1) is 23.6. The number of thioether (sulfide) groups is 1. The van der Waals surface area contributed by atoms with Gasteiger partial charge in [0.15, 0.2) is 0 Å². The maximum absolute atomic E-state index is 12.8. The van der Waals surface area contributed by atoms with Crippen molar-refractivity contribution in [3.05, 3.63) is 18.3 Å². The first-order valence-corrected chi connectivity index (χ1v) is 12.2. The third-order valence-electron chi connectivity index (χ3n) is 4.49. The van der Waals surface area contributed by atoms with Gasteiger partial charge in [-0.1, -0.05) is 38.5 Å². The number of hydrogen-bond donors (Lipinski definition) is 2. The fourth-order valence-corrected chi connectivity index (χ4v) is 5.06. The topological polar surface area (TPSA) is 108 Å². The van der Waals surface area contributed by atoms with Crippen LogP contribution in [-0.4, -0.2) is 54.5 Å². The van der Waals surface area contributed by atoms with Gasteiger partial charge >= 0.3 is 6.03 Å². The summed E-state index contributed by atoms with van der Waals surface area (Å²) in [6.07, 6.45) is 5.18. The van der Waals surface area contributed by atoms with Crippen LogP contribution < -0.4 is 10.6 Å². The van der Waals surface area contributed by atoms with E-state index in [1.165, 1.54) is 16.6 Å². The zero-order chi connectivity index (χ0) is 21.4. The Morgan fingerprint density at radius 1 is 1.14 bits per heavy atom. The van der Waals surface area contributed by atoms with Crippen molar-refractivity contribution >= 4 is 33.7 Å². The summed E-state index contributed by atoms with van der Waals surface area (Å²) in [5, 5.41) is 4.89. The van der Waals surface area contributed by atoms with Gasteiger partial charge in [-0.3, -0.25) is 10.1 Å². The molecule has 162 valence electrons. The Bertz CT molecular complexity index is 789. The summed E-state index contributed by atoms with van der Waals surface area (Å²) in [6.45, 7) is 7.14. The minimum absolute atomic E-state index is 0.161. The van der Waals surface area contributed by atoms with Gasteiger partial charge in [-0.25, -0.2) is 18.2 Å². The van der Waals surface area contributed by atoms with Crippen molar-refractivity contribution in [1.82, 2.24) is 19.9 Å². The van der Waals surface area contributed by atoms with E-state index in [2.05, 4.69) is 15.6 Å². The molecule has 0 radical (unpaired) electrons. The SMILES string of the molecule is CC(C)CNC(=O)NC(=O)[C@@H](C)Sc1ccc(S(=O)(=O)N2CCCCCC2)cn1. The maximum atomic E-state index is 12.8. The zero-order valence-corrected chi connectivity index (χ0v) is 18.8. The number of aromatic nitrogens is 1. The molecule has 0 bridgehead atoms. The lowest BCUT2D eigenvalue weighted by Gasteiger charge is -2.19. The molecule has 29 heavy (non-hydrogen) atoms. The Morgan fingerprint density at radius 3 is 2.34 bits per heavy atom. The molecule has 0 aromatic carbocycles. The van der Waals surface area contributed by atoms with E-state index < -0.39 is 27.2 Å². The Balaban J connectivity index is 1.94. The van der Waals surface area contributed by atoms with E-state index in [9.17, 15) is 18.0 Å². The maximum Gasteiger partial charge on any atom is 0.321 e. The number of imide groups is 1. The zero-order valence-electron chi connectivity index (χ0n) is 17.2. The highest BCUT2D eigenvalue weighted by Crippen LogP contribution is 2.24. The van der Waals surface area contributed by atoms with Gasteiger partial charge in [-0.05, 0) is 37.8 Å². The molecule has 1 aromatic rings. The monoisotopic (exact) mass is 442 g/mol. The van der Waals surface area contributed by atoms with Gasteiger partial charge in [-0.2, -0.15) is 4.31 Å². The second kappa shape index (κ2) is 10.9. The average Bonchev–Trinajstić information content (AvgIpc) is 2.97. The van der Waals surface area contributed by atoms with Gasteiger partial charge in [0.25, 0.3) is 0 Å². The van der Waals surface area contributed by atoms with Crippen LogP contribution in [0, 0.1) is 5.92 Å². The minimum atomic E-state index is -3.55. The Morgan fingerprint density at radius 2 is 1.79 bits per heavy atom. The summed E-state index contributed by atoms with van der Waals surface area (Å²) in [7, 11) is -3.55. The molecule has 0 saturated carbocycles. The van der Waals surface area contributed by atoms with Crippen LogP contribution in [0.1, 0.15) is 46.5 Å². The summed E-state index contributed by atoms with van der Waals surface area (Å²) < 4.78 is 27.1. The summed E-state index contributed by atoms with van der Waals surface area (Å²) in [5.74, 6) is -0.143. The fourth-order valence-electron chi connectivity index (χ4n) is 2.81. The van der Waals surface area contributed by atoms with E-state index in [1.807, 2.05) is 13.8 Å². The number of hydrogen-bond acceptors (Lipinski definition) is 6. The minimum Gasteiger partial charge on any atom is -0.338 e. The number of carbonyl (C=O) groups is 2. The van der Waals surface area contributed by atoms with Crippen LogP contribution >= 0.6 is 11.8 Å².